The second-order valence-electron chi connectivity index (χ2n) is 3.78. The summed E-state index contributed by atoms with van der Waals surface area (Å²) in [4.78, 5) is 0. The zero-order valence-electron chi connectivity index (χ0n) is 13.7. The lowest BCUT2D eigenvalue weighted by molar-refractivity contribution is 0.881. The quantitative estimate of drug-likeness (QED) is 0.749. The van der Waals surface area contributed by atoms with Crippen LogP contribution >= 0.6 is 0 Å². The molecule has 2 aromatic carbocycles. The Morgan fingerprint density at radius 2 is 1.78 bits per heavy atom. The van der Waals surface area contributed by atoms with Gasteiger partial charge in [-0.25, -0.2) is 0 Å². The number of aromatic amines is 1. The van der Waals surface area contributed by atoms with E-state index in [1.807, 2.05) is 0 Å². The van der Waals surface area contributed by atoms with E-state index in [1.165, 1.54) is 0 Å². The standard InChI is InChI=1S/C14H12N4/c1-10-6-8-11(9-7-10)12-4-2-3-5-13(12)14-15-17-18-16-14/h2-9H,1H3,(H,15,16,17,18)/i6D,7D,8D,9D. The monoisotopic (exact) mass is 240 g/mol. The zero-order valence-corrected chi connectivity index (χ0v) is 9.65. The SMILES string of the molecule is [2H]c1c([2H])c(-c2ccccc2-c2nn[nH]n2)c([2H])c([2H])c1C. The maximum atomic E-state index is 8.18. The van der Waals surface area contributed by atoms with Gasteiger partial charge in [-0.1, -0.05) is 54.0 Å². The first kappa shape index (κ1) is 7.06. The first-order valence-corrected chi connectivity index (χ1v) is 5.42. The summed E-state index contributed by atoms with van der Waals surface area (Å²) in [5.41, 5.74) is 1.71. The number of hydrogen-bond donors (Lipinski definition) is 1. The Hall–Kier alpha value is -2.49. The summed E-state index contributed by atoms with van der Waals surface area (Å²) < 4.78 is 32.3. The van der Waals surface area contributed by atoms with E-state index in [2.05, 4.69) is 20.6 Å². The maximum Gasteiger partial charge on any atom is 0.205 e. The van der Waals surface area contributed by atoms with E-state index in [1.54, 1.807) is 31.2 Å². The lowest BCUT2D eigenvalue weighted by atomic mass is 9.98. The first-order chi connectivity index (χ1) is 10.5. The maximum absolute atomic E-state index is 8.18. The number of rotatable bonds is 2. The highest BCUT2D eigenvalue weighted by Gasteiger charge is 2.09. The Morgan fingerprint density at radius 3 is 2.44 bits per heavy atom. The van der Waals surface area contributed by atoms with Crippen LogP contribution < -0.4 is 0 Å². The molecule has 0 saturated heterocycles. The average Bonchev–Trinajstić information content (AvgIpc) is 3.06. The third-order valence-corrected chi connectivity index (χ3v) is 2.53. The van der Waals surface area contributed by atoms with Crippen molar-refractivity contribution in [2.75, 3.05) is 0 Å². The van der Waals surface area contributed by atoms with Gasteiger partial charge < -0.3 is 0 Å². The van der Waals surface area contributed by atoms with Crippen molar-refractivity contribution in [2.45, 2.75) is 6.92 Å². The number of nitrogens with one attached hydrogen (secondary N) is 1. The van der Waals surface area contributed by atoms with Gasteiger partial charge in [0.1, 0.15) is 0 Å². The Kier molecular flexibility index (Phi) is 1.73. The minimum atomic E-state index is -0.0746. The summed E-state index contributed by atoms with van der Waals surface area (Å²) in [6, 6.07) is 6.81. The minimum absolute atomic E-state index is 0.0427. The molecule has 1 aromatic heterocycles. The predicted octanol–water partition coefficient (Wildman–Crippen LogP) is 2.84. The summed E-state index contributed by atoms with van der Waals surface area (Å²) in [7, 11) is 0. The second-order valence-corrected chi connectivity index (χ2v) is 3.78. The highest BCUT2D eigenvalue weighted by atomic mass is 15.5. The van der Waals surface area contributed by atoms with Gasteiger partial charge in [0.15, 0.2) is 0 Å². The molecule has 0 aliphatic rings. The van der Waals surface area contributed by atoms with Gasteiger partial charge in [-0.2, -0.15) is 5.21 Å². The molecule has 0 fully saturated rings. The Morgan fingerprint density at radius 1 is 1.06 bits per heavy atom. The van der Waals surface area contributed by atoms with Crippen LogP contribution in [0.3, 0.4) is 0 Å². The van der Waals surface area contributed by atoms with Gasteiger partial charge in [0.25, 0.3) is 0 Å². The van der Waals surface area contributed by atoms with Crippen molar-refractivity contribution in [3.8, 4) is 22.5 Å². The van der Waals surface area contributed by atoms with Gasteiger partial charge >= 0.3 is 0 Å². The van der Waals surface area contributed by atoms with Crippen LogP contribution in [0.5, 0.6) is 0 Å². The molecule has 4 nitrogen and oxygen atoms in total. The minimum Gasteiger partial charge on any atom is -0.177 e. The molecule has 0 aliphatic heterocycles. The molecule has 1 N–H and O–H groups in total. The van der Waals surface area contributed by atoms with E-state index in [9.17, 15) is 0 Å². The largest absolute Gasteiger partial charge is 0.205 e. The van der Waals surface area contributed by atoms with Gasteiger partial charge in [0, 0.05) is 5.56 Å². The Bertz CT molecular complexity index is 817. The summed E-state index contributed by atoms with van der Waals surface area (Å²) in [5.74, 6) is 0.341. The van der Waals surface area contributed by atoms with E-state index in [0.717, 1.165) is 0 Å². The molecule has 0 atom stereocenters. The second kappa shape index (κ2) is 4.41. The Labute approximate surface area is 110 Å². The number of hydrogen-bond acceptors (Lipinski definition) is 3. The molecule has 18 heavy (non-hydrogen) atoms. The van der Waals surface area contributed by atoms with E-state index in [0.29, 0.717) is 22.5 Å². The number of benzene rings is 2. The molecular weight excluding hydrogens is 224 g/mol. The van der Waals surface area contributed by atoms with Gasteiger partial charge in [-0.15, -0.1) is 10.2 Å². The van der Waals surface area contributed by atoms with E-state index < -0.39 is 0 Å². The van der Waals surface area contributed by atoms with Crippen LogP contribution in [0.2, 0.25) is 0 Å². The van der Waals surface area contributed by atoms with Crippen molar-refractivity contribution in [3.05, 3.63) is 54.0 Å². The molecular formula is C14H12N4. The number of aromatic nitrogens is 4. The van der Waals surface area contributed by atoms with Crippen molar-refractivity contribution < 1.29 is 5.48 Å². The fraction of sp³-hybridized carbons (Fsp3) is 0.0714. The highest BCUT2D eigenvalue weighted by Crippen LogP contribution is 2.29. The average molecular weight is 240 g/mol. The highest BCUT2D eigenvalue weighted by molar-refractivity contribution is 5.80. The first-order valence-electron chi connectivity index (χ1n) is 7.42. The number of H-pyrrole nitrogens is 1. The van der Waals surface area contributed by atoms with Crippen LogP contribution in [0.15, 0.2) is 48.4 Å². The molecule has 4 heteroatoms. The zero-order chi connectivity index (χ0) is 15.9. The van der Waals surface area contributed by atoms with Crippen LogP contribution in [0.25, 0.3) is 22.5 Å². The van der Waals surface area contributed by atoms with Gasteiger partial charge in [-0.05, 0) is 23.3 Å². The van der Waals surface area contributed by atoms with Crippen molar-refractivity contribution in [3.63, 3.8) is 0 Å². The normalized spacial score (nSPS) is 13.6. The van der Waals surface area contributed by atoms with Gasteiger partial charge in [-0.3, -0.25) is 0 Å². The molecule has 88 valence electrons. The van der Waals surface area contributed by atoms with E-state index in [-0.39, 0.29) is 29.7 Å². The molecule has 3 aromatic rings. The van der Waals surface area contributed by atoms with Crippen molar-refractivity contribution in [2.24, 2.45) is 0 Å². The fourth-order valence-electron chi connectivity index (χ4n) is 1.68. The molecule has 0 aliphatic carbocycles. The third kappa shape index (κ3) is 1.88. The van der Waals surface area contributed by atoms with Gasteiger partial charge in [0.05, 0.1) is 5.48 Å². The molecule has 1 heterocycles. The van der Waals surface area contributed by atoms with Crippen LogP contribution in [0.1, 0.15) is 11.0 Å². The fourth-order valence-corrected chi connectivity index (χ4v) is 1.68. The molecule has 0 radical (unpaired) electrons. The summed E-state index contributed by atoms with van der Waals surface area (Å²) in [5, 5.41) is 13.8. The number of nitrogens with zero attached hydrogens (tertiary/aromatic N) is 3. The molecule has 0 amide bonds. The van der Waals surface area contributed by atoms with Crippen LogP contribution in [0.4, 0.5) is 0 Å². The summed E-state index contributed by atoms with van der Waals surface area (Å²) in [6.45, 7) is 1.58. The molecule has 3 rings (SSSR count). The van der Waals surface area contributed by atoms with E-state index in [4.69, 9.17) is 5.48 Å². The van der Waals surface area contributed by atoms with Crippen LogP contribution in [-0.4, -0.2) is 20.6 Å². The van der Waals surface area contributed by atoms with Gasteiger partial charge in [0.2, 0.25) is 5.82 Å². The van der Waals surface area contributed by atoms with Crippen molar-refractivity contribution in [1.29, 1.82) is 0 Å². The lowest BCUT2D eigenvalue weighted by Gasteiger charge is -2.06. The van der Waals surface area contributed by atoms with Crippen molar-refractivity contribution in [1.82, 2.24) is 20.6 Å². The summed E-state index contributed by atoms with van der Waals surface area (Å²) in [6.07, 6.45) is 0. The number of tetrazole rings is 1. The van der Waals surface area contributed by atoms with E-state index >= 15 is 0 Å². The smallest absolute Gasteiger partial charge is 0.177 e. The molecule has 0 unspecified atom stereocenters. The molecule has 0 bridgehead atoms. The van der Waals surface area contributed by atoms with Crippen molar-refractivity contribution >= 4 is 0 Å². The van der Waals surface area contributed by atoms with Crippen LogP contribution in [0, 0.1) is 6.92 Å². The molecule has 0 saturated carbocycles. The molecule has 0 spiro atoms. The Balaban J connectivity index is 2.35. The van der Waals surface area contributed by atoms with Crippen LogP contribution in [-0.2, 0) is 0 Å². The predicted molar refractivity (Wildman–Crippen MR) is 69.8 cm³/mol. The summed E-state index contributed by atoms with van der Waals surface area (Å²) >= 11 is 0. The lowest BCUT2D eigenvalue weighted by Crippen LogP contribution is -1.87. The third-order valence-electron chi connectivity index (χ3n) is 2.53. The topological polar surface area (TPSA) is 54.5 Å².